The van der Waals surface area contributed by atoms with Gasteiger partial charge in [-0.15, -0.1) is 0 Å². The highest BCUT2D eigenvalue weighted by Gasteiger charge is 2.12. The van der Waals surface area contributed by atoms with Crippen LogP contribution in [0.15, 0.2) is 47.4 Å². The number of hydrogen-bond donors (Lipinski definition) is 1. The maximum Gasteiger partial charge on any atom is 0.255 e. The fourth-order valence-electron chi connectivity index (χ4n) is 2.47. The molecule has 3 aromatic rings. The van der Waals surface area contributed by atoms with E-state index >= 15 is 0 Å². The molecule has 0 fully saturated rings. The lowest BCUT2D eigenvalue weighted by Crippen LogP contribution is -2.10. The first kappa shape index (κ1) is 16.0. The predicted octanol–water partition coefficient (Wildman–Crippen LogP) is 4.28. The Morgan fingerprint density at radius 2 is 2.00 bits per heavy atom. The summed E-state index contributed by atoms with van der Waals surface area (Å²) in [5, 5.41) is 10.1. The van der Waals surface area contributed by atoms with E-state index in [9.17, 15) is 9.18 Å². The number of aromatic amines is 1. The van der Waals surface area contributed by atoms with Gasteiger partial charge in [0.1, 0.15) is 17.6 Å². The number of nitrogens with zero attached hydrogens (tertiary/aromatic N) is 1. The minimum Gasteiger partial charge on any atom is -0.476 e. The van der Waals surface area contributed by atoms with Crippen LogP contribution in [0.2, 0.25) is 5.02 Å². The SMILES string of the molecule is CC(C#N)Oc1ccc2c(-c3ccc(F)cc3Cl)c[nH]c(=O)c2c1. The lowest BCUT2D eigenvalue weighted by molar-refractivity contribution is 0.277. The van der Waals surface area contributed by atoms with Crippen LogP contribution in [0.3, 0.4) is 0 Å². The molecule has 6 heteroatoms. The molecule has 1 N–H and O–H groups in total. The Balaban J connectivity index is 2.19. The molecule has 0 amide bonds. The van der Waals surface area contributed by atoms with Crippen molar-refractivity contribution in [3.05, 3.63) is 63.8 Å². The highest BCUT2D eigenvalue weighted by Crippen LogP contribution is 2.33. The molecule has 2 aromatic carbocycles. The van der Waals surface area contributed by atoms with Gasteiger partial charge in [-0.25, -0.2) is 4.39 Å². The molecule has 3 rings (SSSR count). The molecule has 0 spiro atoms. The molecule has 0 aliphatic heterocycles. The van der Waals surface area contributed by atoms with Crippen molar-refractivity contribution in [1.29, 1.82) is 5.26 Å². The van der Waals surface area contributed by atoms with Gasteiger partial charge < -0.3 is 9.72 Å². The summed E-state index contributed by atoms with van der Waals surface area (Å²) >= 11 is 6.13. The third-order valence-corrected chi connectivity index (χ3v) is 3.90. The standard InChI is InChI=1S/C18H12ClFN2O2/c1-10(8-21)24-12-3-5-13-15(7-12)18(23)22-9-16(13)14-4-2-11(20)6-17(14)19/h2-7,9-10H,1H3,(H,22,23). The number of ether oxygens (including phenoxy) is 1. The minimum absolute atomic E-state index is 0.252. The van der Waals surface area contributed by atoms with Crippen molar-refractivity contribution in [2.45, 2.75) is 13.0 Å². The van der Waals surface area contributed by atoms with Gasteiger partial charge in [-0.05, 0) is 48.7 Å². The van der Waals surface area contributed by atoms with Crippen LogP contribution in [-0.4, -0.2) is 11.1 Å². The summed E-state index contributed by atoms with van der Waals surface area (Å²) in [6.45, 7) is 1.61. The molecule has 4 nitrogen and oxygen atoms in total. The van der Waals surface area contributed by atoms with Crippen molar-refractivity contribution in [3.63, 3.8) is 0 Å². The highest BCUT2D eigenvalue weighted by atomic mass is 35.5. The summed E-state index contributed by atoms with van der Waals surface area (Å²) in [5.41, 5.74) is 0.995. The molecule has 1 atom stereocenters. The van der Waals surface area contributed by atoms with Gasteiger partial charge in [-0.3, -0.25) is 4.79 Å². The van der Waals surface area contributed by atoms with Crippen molar-refractivity contribution in [1.82, 2.24) is 4.98 Å². The van der Waals surface area contributed by atoms with Gasteiger partial charge in [0.25, 0.3) is 5.56 Å². The van der Waals surface area contributed by atoms with Gasteiger partial charge in [0.2, 0.25) is 0 Å². The maximum absolute atomic E-state index is 13.3. The van der Waals surface area contributed by atoms with Crippen LogP contribution in [0.1, 0.15) is 6.92 Å². The number of halogens is 2. The van der Waals surface area contributed by atoms with Crippen molar-refractivity contribution in [2.75, 3.05) is 0 Å². The second-order valence-electron chi connectivity index (χ2n) is 5.25. The normalized spacial score (nSPS) is 11.9. The average molecular weight is 343 g/mol. The second kappa shape index (κ2) is 6.34. The molecule has 0 radical (unpaired) electrons. The Morgan fingerprint density at radius 3 is 2.71 bits per heavy atom. The highest BCUT2D eigenvalue weighted by molar-refractivity contribution is 6.33. The fraction of sp³-hybridized carbons (Fsp3) is 0.111. The average Bonchev–Trinajstić information content (AvgIpc) is 2.56. The molecule has 0 saturated carbocycles. The topological polar surface area (TPSA) is 65.9 Å². The zero-order valence-corrected chi connectivity index (χ0v) is 13.4. The van der Waals surface area contributed by atoms with Gasteiger partial charge >= 0.3 is 0 Å². The summed E-state index contributed by atoms with van der Waals surface area (Å²) in [4.78, 5) is 14.8. The molecule has 0 saturated heterocycles. The van der Waals surface area contributed by atoms with E-state index in [1.165, 1.54) is 12.1 Å². The first-order valence-corrected chi connectivity index (χ1v) is 7.54. The van der Waals surface area contributed by atoms with Gasteiger partial charge in [-0.1, -0.05) is 11.6 Å². The first-order valence-electron chi connectivity index (χ1n) is 7.16. The Morgan fingerprint density at radius 1 is 1.21 bits per heavy atom. The van der Waals surface area contributed by atoms with Crippen LogP contribution in [0, 0.1) is 17.1 Å². The van der Waals surface area contributed by atoms with Gasteiger partial charge in [-0.2, -0.15) is 5.26 Å². The molecule has 120 valence electrons. The number of rotatable bonds is 3. The third-order valence-electron chi connectivity index (χ3n) is 3.59. The second-order valence-corrected chi connectivity index (χ2v) is 5.66. The van der Waals surface area contributed by atoms with Crippen LogP contribution >= 0.6 is 11.6 Å². The van der Waals surface area contributed by atoms with E-state index in [4.69, 9.17) is 21.6 Å². The Kier molecular flexibility index (Phi) is 4.24. The molecule has 1 aromatic heterocycles. The number of nitrogens with one attached hydrogen (secondary N) is 1. The largest absolute Gasteiger partial charge is 0.476 e. The molecule has 0 bridgehead atoms. The van der Waals surface area contributed by atoms with Gasteiger partial charge in [0.15, 0.2) is 6.10 Å². The Hall–Kier alpha value is -2.84. The summed E-state index contributed by atoms with van der Waals surface area (Å²) in [6.07, 6.45) is 0.915. The lowest BCUT2D eigenvalue weighted by atomic mass is 10.0. The smallest absolute Gasteiger partial charge is 0.255 e. The van der Waals surface area contributed by atoms with E-state index < -0.39 is 11.9 Å². The van der Waals surface area contributed by atoms with Crippen LogP contribution in [0.4, 0.5) is 4.39 Å². The van der Waals surface area contributed by atoms with Crippen molar-refractivity contribution in [3.8, 4) is 22.9 Å². The molecule has 1 unspecified atom stereocenters. The third kappa shape index (κ3) is 2.97. The van der Waals surface area contributed by atoms with Crippen LogP contribution in [-0.2, 0) is 0 Å². The van der Waals surface area contributed by atoms with Gasteiger partial charge in [0, 0.05) is 17.3 Å². The molecule has 1 heterocycles. The number of hydrogen-bond acceptors (Lipinski definition) is 3. The van der Waals surface area contributed by atoms with E-state index in [1.54, 1.807) is 37.4 Å². The molecule has 0 aliphatic rings. The predicted molar refractivity (Wildman–Crippen MR) is 90.7 cm³/mol. The number of aromatic nitrogens is 1. The molecule has 0 aliphatic carbocycles. The van der Waals surface area contributed by atoms with E-state index in [0.29, 0.717) is 27.6 Å². The number of fused-ring (bicyclic) bond motifs is 1. The molecular weight excluding hydrogens is 331 g/mol. The summed E-state index contributed by atoms with van der Waals surface area (Å²) in [6, 6.07) is 11.0. The minimum atomic E-state index is -0.628. The maximum atomic E-state index is 13.3. The Labute approximate surface area is 142 Å². The number of pyridine rings is 1. The lowest BCUT2D eigenvalue weighted by Gasteiger charge is -2.11. The van der Waals surface area contributed by atoms with Crippen molar-refractivity contribution in [2.24, 2.45) is 0 Å². The van der Waals surface area contributed by atoms with Crippen molar-refractivity contribution >= 4 is 22.4 Å². The van der Waals surface area contributed by atoms with Crippen molar-refractivity contribution < 1.29 is 9.13 Å². The number of nitriles is 1. The van der Waals surface area contributed by atoms with E-state index in [-0.39, 0.29) is 10.6 Å². The first-order chi connectivity index (χ1) is 11.5. The Bertz CT molecular complexity index is 1020. The summed E-state index contributed by atoms with van der Waals surface area (Å²) in [7, 11) is 0. The number of H-pyrrole nitrogens is 1. The van der Waals surface area contributed by atoms with Gasteiger partial charge in [0.05, 0.1) is 10.4 Å². The van der Waals surface area contributed by atoms with Crippen LogP contribution in [0.25, 0.3) is 21.9 Å². The monoisotopic (exact) mass is 342 g/mol. The quantitative estimate of drug-likeness (QED) is 0.772. The fourth-order valence-corrected chi connectivity index (χ4v) is 2.74. The zero-order valence-electron chi connectivity index (χ0n) is 12.6. The zero-order chi connectivity index (χ0) is 17.3. The number of benzene rings is 2. The van der Waals surface area contributed by atoms with E-state index in [1.807, 2.05) is 6.07 Å². The van der Waals surface area contributed by atoms with Crippen LogP contribution in [0.5, 0.6) is 5.75 Å². The van der Waals surface area contributed by atoms with E-state index in [2.05, 4.69) is 4.98 Å². The van der Waals surface area contributed by atoms with Crippen LogP contribution < -0.4 is 10.3 Å². The summed E-state index contributed by atoms with van der Waals surface area (Å²) < 4.78 is 18.7. The molecule has 24 heavy (non-hydrogen) atoms. The molecular formula is C18H12ClFN2O2. The summed E-state index contributed by atoms with van der Waals surface area (Å²) in [5.74, 6) is -0.0111. The van der Waals surface area contributed by atoms with E-state index in [0.717, 1.165) is 0 Å².